The smallest absolute Gasteiger partial charge is 0.167 e. The van der Waals surface area contributed by atoms with E-state index in [0.717, 1.165) is 5.57 Å². The minimum atomic E-state index is -0.0267. The largest absolute Gasteiger partial charge is 0.294 e. The highest BCUT2D eigenvalue weighted by atomic mass is 16.2. The number of hydrogen-bond donors (Lipinski definition) is 0. The van der Waals surface area contributed by atoms with Gasteiger partial charge in [-0.05, 0) is 5.57 Å². The van der Waals surface area contributed by atoms with Gasteiger partial charge in [-0.25, -0.2) is 0 Å². The van der Waals surface area contributed by atoms with Gasteiger partial charge >= 0.3 is 0 Å². The lowest BCUT2D eigenvalue weighted by Crippen LogP contribution is -2.02. The maximum Gasteiger partial charge on any atom is 0.167 e. The highest BCUT2D eigenvalue weighted by molar-refractivity contribution is 6.26. The van der Waals surface area contributed by atoms with Crippen molar-refractivity contribution < 1.29 is 9.59 Å². The molecule has 0 aromatic carbocycles. The molecule has 2 aliphatic rings. The topological polar surface area (TPSA) is 34.1 Å². The van der Waals surface area contributed by atoms with E-state index in [1.807, 2.05) is 24.3 Å². The van der Waals surface area contributed by atoms with Gasteiger partial charge in [0.25, 0.3) is 0 Å². The van der Waals surface area contributed by atoms with Crippen LogP contribution in [-0.4, -0.2) is 11.6 Å². The van der Waals surface area contributed by atoms with E-state index < -0.39 is 0 Å². The lowest BCUT2D eigenvalue weighted by Gasteiger charge is -1.97. The average Bonchev–Trinajstić information content (AvgIpc) is 2.45. The molecule has 0 heterocycles. The van der Waals surface area contributed by atoms with Gasteiger partial charge in [0.2, 0.25) is 0 Å². The molecule has 14 heavy (non-hydrogen) atoms. The summed E-state index contributed by atoms with van der Waals surface area (Å²) in [5, 5.41) is 0. The van der Waals surface area contributed by atoms with Gasteiger partial charge in [0.1, 0.15) is 0 Å². The van der Waals surface area contributed by atoms with E-state index in [1.165, 1.54) is 0 Å². The van der Waals surface area contributed by atoms with Crippen LogP contribution in [-0.2, 0) is 9.59 Å². The summed E-state index contributed by atoms with van der Waals surface area (Å²) in [6.07, 6.45) is 11.7. The van der Waals surface area contributed by atoms with Crippen molar-refractivity contribution in [3.05, 3.63) is 47.6 Å². The second-order valence-corrected chi connectivity index (χ2v) is 3.28. The molecule has 0 saturated heterocycles. The first-order chi connectivity index (χ1) is 6.79. The Bertz CT molecular complexity index is 370. The Morgan fingerprint density at radius 1 is 0.786 bits per heavy atom. The number of ketones is 2. The van der Waals surface area contributed by atoms with Gasteiger partial charge in [-0.15, -0.1) is 0 Å². The zero-order chi connectivity index (χ0) is 9.97. The summed E-state index contributed by atoms with van der Waals surface area (Å²) in [5.41, 5.74) is 1.11. The fraction of sp³-hybridized carbons (Fsp3) is 0.167. The molecule has 0 atom stereocenters. The maximum atomic E-state index is 11.4. The van der Waals surface area contributed by atoms with Crippen molar-refractivity contribution >= 4 is 11.6 Å². The fourth-order valence-corrected chi connectivity index (χ4v) is 1.62. The summed E-state index contributed by atoms with van der Waals surface area (Å²) in [7, 11) is 0. The molecule has 0 aromatic rings. The van der Waals surface area contributed by atoms with Gasteiger partial charge < -0.3 is 0 Å². The first-order valence-electron chi connectivity index (χ1n) is 4.61. The van der Waals surface area contributed by atoms with Crippen LogP contribution in [0.15, 0.2) is 47.6 Å². The molecule has 0 N–H and O–H groups in total. The molecule has 2 nitrogen and oxygen atoms in total. The first kappa shape index (κ1) is 8.88. The van der Waals surface area contributed by atoms with Gasteiger partial charge in [-0.1, -0.05) is 36.5 Å². The zero-order valence-electron chi connectivity index (χ0n) is 7.69. The molecule has 2 rings (SSSR count). The lowest BCUT2D eigenvalue weighted by atomic mass is 10.0. The minimum Gasteiger partial charge on any atom is -0.294 e. The lowest BCUT2D eigenvalue weighted by molar-refractivity contribution is -0.116. The SMILES string of the molecule is O=C1CCC(=O)C1=C1C=CC=CC=C1. The van der Waals surface area contributed by atoms with E-state index in [1.54, 1.807) is 12.2 Å². The van der Waals surface area contributed by atoms with Crippen molar-refractivity contribution in [3.8, 4) is 0 Å². The maximum absolute atomic E-state index is 11.4. The van der Waals surface area contributed by atoms with E-state index in [9.17, 15) is 9.59 Å². The van der Waals surface area contributed by atoms with Crippen LogP contribution >= 0.6 is 0 Å². The highest BCUT2D eigenvalue weighted by Crippen LogP contribution is 2.22. The van der Waals surface area contributed by atoms with Gasteiger partial charge in [0, 0.05) is 12.8 Å². The van der Waals surface area contributed by atoms with E-state index in [0.29, 0.717) is 18.4 Å². The number of rotatable bonds is 0. The highest BCUT2D eigenvalue weighted by Gasteiger charge is 2.27. The molecule has 1 fully saturated rings. The average molecular weight is 186 g/mol. The second-order valence-electron chi connectivity index (χ2n) is 3.28. The molecule has 0 amide bonds. The zero-order valence-corrected chi connectivity index (χ0v) is 7.69. The predicted octanol–water partition coefficient (Wildman–Crippen LogP) is 1.90. The van der Waals surface area contributed by atoms with Crippen LogP contribution in [0.3, 0.4) is 0 Å². The van der Waals surface area contributed by atoms with Crippen molar-refractivity contribution in [2.24, 2.45) is 0 Å². The van der Waals surface area contributed by atoms with Crippen LogP contribution < -0.4 is 0 Å². The Hall–Kier alpha value is -1.70. The summed E-state index contributed by atoms with van der Waals surface area (Å²) in [6, 6.07) is 0. The van der Waals surface area contributed by atoms with Crippen molar-refractivity contribution in [1.29, 1.82) is 0 Å². The molecule has 2 heteroatoms. The van der Waals surface area contributed by atoms with E-state index in [2.05, 4.69) is 0 Å². The Balaban J connectivity index is 2.48. The molecule has 2 aliphatic carbocycles. The molecule has 70 valence electrons. The Morgan fingerprint density at radius 2 is 1.29 bits per heavy atom. The Labute approximate surface area is 82.3 Å². The molecular weight excluding hydrogens is 176 g/mol. The normalized spacial score (nSPS) is 20.9. The molecule has 0 spiro atoms. The third kappa shape index (κ3) is 1.51. The van der Waals surface area contributed by atoms with Crippen LogP contribution in [0.2, 0.25) is 0 Å². The summed E-state index contributed by atoms with van der Waals surface area (Å²) in [5.74, 6) is -0.0533. The van der Waals surface area contributed by atoms with Gasteiger partial charge in [-0.3, -0.25) is 9.59 Å². The van der Waals surface area contributed by atoms with E-state index in [-0.39, 0.29) is 11.6 Å². The van der Waals surface area contributed by atoms with Crippen LogP contribution in [0, 0.1) is 0 Å². The third-order valence-electron chi connectivity index (χ3n) is 2.31. The quantitative estimate of drug-likeness (QED) is 0.427. The molecule has 0 unspecified atom stereocenters. The summed E-state index contributed by atoms with van der Waals surface area (Å²) in [4.78, 5) is 22.9. The number of carbonyl (C=O) groups excluding carboxylic acids is 2. The van der Waals surface area contributed by atoms with Crippen LogP contribution in [0.5, 0.6) is 0 Å². The van der Waals surface area contributed by atoms with Gasteiger partial charge in [0.15, 0.2) is 11.6 Å². The van der Waals surface area contributed by atoms with Crippen LogP contribution in [0.4, 0.5) is 0 Å². The summed E-state index contributed by atoms with van der Waals surface area (Å²) in [6.45, 7) is 0. The van der Waals surface area contributed by atoms with E-state index >= 15 is 0 Å². The summed E-state index contributed by atoms with van der Waals surface area (Å²) < 4.78 is 0. The Morgan fingerprint density at radius 3 is 1.79 bits per heavy atom. The molecule has 0 aromatic heterocycles. The number of Topliss-reactive ketones (excluding diaryl/α,β-unsaturated/α-hetero) is 2. The van der Waals surface area contributed by atoms with Gasteiger partial charge in [0.05, 0.1) is 5.57 Å². The standard InChI is InChI=1S/C12H10O2/c13-10-7-8-11(14)12(10)9-5-3-1-2-4-6-9/h1-6H,7-8H2. The van der Waals surface area contributed by atoms with Crippen molar-refractivity contribution in [1.82, 2.24) is 0 Å². The molecule has 1 saturated carbocycles. The monoisotopic (exact) mass is 186 g/mol. The third-order valence-corrected chi connectivity index (χ3v) is 2.31. The van der Waals surface area contributed by atoms with Crippen molar-refractivity contribution in [3.63, 3.8) is 0 Å². The number of allylic oxidation sites excluding steroid dienone is 8. The van der Waals surface area contributed by atoms with Crippen molar-refractivity contribution in [2.45, 2.75) is 12.8 Å². The first-order valence-corrected chi connectivity index (χ1v) is 4.61. The van der Waals surface area contributed by atoms with Crippen LogP contribution in [0.1, 0.15) is 12.8 Å². The number of carbonyl (C=O) groups is 2. The molecule has 0 bridgehead atoms. The molecule has 0 radical (unpaired) electrons. The molecule has 0 aliphatic heterocycles. The van der Waals surface area contributed by atoms with Gasteiger partial charge in [-0.2, -0.15) is 0 Å². The summed E-state index contributed by atoms with van der Waals surface area (Å²) >= 11 is 0. The fourth-order valence-electron chi connectivity index (χ4n) is 1.62. The number of hydrogen-bond acceptors (Lipinski definition) is 2. The van der Waals surface area contributed by atoms with E-state index in [4.69, 9.17) is 0 Å². The Kier molecular flexibility index (Phi) is 2.27. The predicted molar refractivity (Wildman–Crippen MR) is 53.7 cm³/mol. The molecular formula is C12H10O2. The van der Waals surface area contributed by atoms with Crippen LogP contribution in [0.25, 0.3) is 0 Å². The minimum absolute atomic E-state index is 0.0267. The van der Waals surface area contributed by atoms with Crippen molar-refractivity contribution in [2.75, 3.05) is 0 Å². The second kappa shape index (κ2) is 3.58.